The van der Waals surface area contributed by atoms with Crippen LogP contribution in [-0.2, 0) is 31.3 Å². The minimum Gasteiger partial charge on any atom is -0.453 e. The zero-order valence-corrected chi connectivity index (χ0v) is 27.3. The van der Waals surface area contributed by atoms with Crippen LogP contribution >= 0.6 is 0 Å². The minimum atomic E-state index is -3.99. The molecule has 2 atom stereocenters. The van der Waals surface area contributed by atoms with Crippen LogP contribution in [0.5, 0.6) is 0 Å². The maximum Gasteiger partial charge on any atom is 0.409 e. The average Bonchev–Trinajstić information content (AvgIpc) is 3.72. The molecule has 2 N–H and O–H groups in total. The molecule has 0 radical (unpaired) electrons. The zero-order valence-electron chi connectivity index (χ0n) is 26.5. The van der Waals surface area contributed by atoms with Gasteiger partial charge in [0.2, 0.25) is 29.4 Å². The van der Waals surface area contributed by atoms with Gasteiger partial charge in [-0.25, -0.2) is 22.0 Å². The summed E-state index contributed by atoms with van der Waals surface area (Å²) in [6, 6.07) is 9.87. The molecule has 1 unspecified atom stereocenters. The number of amides is 2. The van der Waals surface area contributed by atoms with Gasteiger partial charge in [0.1, 0.15) is 0 Å². The van der Waals surface area contributed by atoms with Crippen LogP contribution in [0.25, 0.3) is 22.8 Å². The topological polar surface area (TPSA) is 188 Å². The van der Waals surface area contributed by atoms with Gasteiger partial charge in [-0.2, -0.15) is 4.98 Å². The predicted molar refractivity (Wildman–Crippen MR) is 166 cm³/mol. The molecule has 2 aromatic heterocycles. The molecule has 2 aliphatic rings. The summed E-state index contributed by atoms with van der Waals surface area (Å²) in [5.41, 5.74) is 7.37. The Kier molecular flexibility index (Phi) is 8.31. The number of hydrogen-bond donors (Lipinski definition) is 1. The van der Waals surface area contributed by atoms with Gasteiger partial charge in [-0.1, -0.05) is 50.2 Å². The number of ether oxygens (including phenoxy) is 1. The molecule has 4 aromatic rings. The summed E-state index contributed by atoms with van der Waals surface area (Å²) >= 11 is 0. The molecule has 2 aliphatic heterocycles. The molecule has 1 saturated heterocycles. The van der Waals surface area contributed by atoms with Crippen molar-refractivity contribution in [2.45, 2.75) is 61.9 Å². The van der Waals surface area contributed by atoms with Gasteiger partial charge in [-0.05, 0) is 23.8 Å². The number of nitrogens with two attached hydrogens (primary N) is 1. The maximum atomic E-state index is 14.5. The van der Waals surface area contributed by atoms with Crippen molar-refractivity contribution in [3.63, 3.8) is 0 Å². The molecule has 1 fully saturated rings. The van der Waals surface area contributed by atoms with E-state index in [1.165, 1.54) is 23.1 Å². The first-order valence-electron chi connectivity index (χ1n) is 15.0. The first-order chi connectivity index (χ1) is 22.5. The Labute approximate surface area is 274 Å². The fourth-order valence-electron chi connectivity index (χ4n) is 5.64. The average molecular weight is 686 g/mol. The molecular weight excluding hydrogens is 652 g/mol. The summed E-state index contributed by atoms with van der Waals surface area (Å²) in [5, 5.41) is 12.0. The van der Waals surface area contributed by atoms with Crippen molar-refractivity contribution >= 4 is 27.5 Å². The third-order valence-corrected chi connectivity index (χ3v) is 9.88. The zero-order chi connectivity index (χ0) is 34.6. The monoisotopic (exact) mass is 685 g/mol. The molecule has 0 aliphatic carbocycles. The first-order valence-corrected chi connectivity index (χ1v) is 16.6. The summed E-state index contributed by atoms with van der Waals surface area (Å²) in [6.07, 6.45) is -1.54. The van der Waals surface area contributed by atoms with Crippen molar-refractivity contribution in [1.82, 2.24) is 25.2 Å². The SMILES string of the molecule is COC(=O)N1CC(c2nnc(-c3ccc4c(c3)N(Cc3ccc(-c5noc(C(C)(C)C)n5)cc3)C(=O)[C@@H](N)CS4(=O)=O)o2)CC(F)(F)C1. The Hall–Kier alpha value is -4.77. The number of carbonyl (C=O) groups is 2. The van der Waals surface area contributed by atoms with Crippen LogP contribution in [0.2, 0.25) is 0 Å². The van der Waals surface area contributed by atoms with Crippen LogP contribution in [0.4, 0.5) is 19.3 Å². The van der Waals surface area contributed by atoms with Crippen LogP contribution < -0.4 is 10.6 Å². The highest BCUT2D eigenvalue weighted by molar-refractivity contribution is 7.91. The Balaban J connectivity index is 1.31. The molecule has 254 valence electrons. The van der Waals surface area contributed by atoms with Crippen molar-refractivity contribution in [3.8, 4) is 22.8 Å². The second-order valence-electron chi connectivity index (χ2n) is 12.9. The molecule has 48 heavy (non-hydrogen) atoms. The van der Waals surface area contributed by atoms with Crippen molar-refractivity contribution in [2.75, 3.05) is 30.9 Å². The summed E-state index contributed by atoms with van der Waals surface area (Å²) in [7, 11) is -2.89. The van der Waals surface area contributed by atoms with Gasteiger partial charge in [-0.15, -0.1) is 10.2 Å². The smallest absolute Gasteiger partial charge is 0.409 e. The van der Waals surface area contributed by atoms with Gasteiger partial charge < -0.3 is 29.2 Å². The number of alkyl halides is 2. The number of fused-ring (bicyclic) bond motifs is 1. The molecule has 0 saturated carbocycles. The molecule has 0 bridgehead atoms. The third kappa shape index (κ3) is 6.51. The number of nitrogens with zero attached hydrogens (tertiary/aromatic N) is 6. The van der Waals surface area contributed by atoms with Crippen LogP contribution in [-0.4, -0.2) is 83.6 Å². The van der Waals surface area contributed by atoms with Gasteiger partial charge in [-0.3, -0.25) is 4.79 Å². The number of methoxy groups -OCH3 is 1. The fourth-order valence-corrected chi connectivity index (χ4v) is 7.20. The van der Waals surface area contributed by atoms with E-state index in [9.17, 15) is 26.8 Å². The third-order valence-electron chi connectivity index (χ3n) is 8.07. The highest BCUT2D eigenvalue weighted by Crippen LogP contribution is 2.39. The van der Waals surface area contributed by atoms with E-state index in [1.54, 1.807) is 24.3 Å². The van der Waals surface area contributed by atoms with E-state index < -0.39 is 58.4 Å². The van der Waals surface area contributed by atoms with E-state index in [4.69, 9.17) is 14.7 Å². The van der Waals surface area contributed by atoms with Gasteiger partial charge in [0, 0.05) is 29.5 Å². The molecule has 17 heteroatoms. The maximum absolute atomic E-state index is 14.5. The standard InChI is InChI=1S/C31H33F2N7O7S/c1-30(2,3)28-35-24(38-47-28)18-7-5-17(6-8-18)13-40-22-11-19(9-10-23(22)48(43,44)15-21(34)27(40)41)25-36-37-26(46-25)20-12-31(32,33)16-39(14-20)29(42)45-4/h5-11,20-21H,12-16,34H2,1-4H3/t20?,21-/m0/s1. The lowest BCUT2D eigenvalue weighted by Gasteiger charge is -2.35. The largest absolute Gasteiger partial charge is 0.453 e. The predicted octanol–water partition coefficient (Wildman–Crippen LogP) is 3.92. The normalized spacial score (nSPS) is 20.7. The number of halogens is 2. The highest BCUT2D eigenvalue weighted by atomic mass is 32.2. The quantitative estimate of drug-likeness (QED) is 0.319. The Morgan fingerprint density at radius 1 is 1.12 bits per heavy atom. The number of carbonyl (C=O) groups excluding carboxylic acids is 2. The summed E-state index contributed by atoms with van der Waals surface area (Å²) in [5.74, 6) is -4.77. The Morgan fingerprint density at radius 2 is 1.83 bits per heavy atom. The van der Waals surface area contributed by atoms with Crippen LogP contribution in [0.1, 0.15) is 50.5 Å². The van der Waals surface area contributed by atoms with Crippen LogP contribution in [0, 0.1) is 0 Å². The fraction of sp³-hybridized carbons (Fsp3) is 0.419. The number of aromatic nitrogens is 4. The van der Waals surface area contributed by atoms with E-state index in [-0.39, 0.29) is 46.4 Å². The summed E-state index contributed by atoms with van der Waals surface area (Å²) in [6.45, 7) is 4.89. The number of hydrogen-bond acceptors (Lipinski definition) is 12. The molecular formula is C31H33F2N7O7S. The second-order valence-corrected chi connectivity index (χ2v) is 14.9. The summed E-state index contributed by atoms with van der Waals surface area (Å²) < 4.78 is 71.4. The number of piperidine rings is 1. The van der Waals surface area contributed by atoms with Crippen LogP contribution in [0.3, 0.4) is 0 Å². The number of rotatable bonds is 5. The van der Waals surface area contributed by atoms with Crippen molar-refractivity contribution in [3.05, 3.63) is 59.8 Å². The van der Waals surface area contributed by atoms with Crippen molar-refractivity contribution < 1.29 is 40.5 Å². The van der Waals surface area contributed by atoms with Gasteiger partial charge in [0.15, 0.2) is 9.84 Å². The number of sulfone groups is 1. The van der Waals surface area contributed by atoms with Crippen molar-refractivity contribution in [1.29, 1.82) is 0 Å². The van der Waals surface area contributed by atoms with E-state index in [0.29, 0.717) is 22.8 Å². The number of anilines is 1. The van der Waals surface area contributed by atoms with E-state index >= 15 is 0 Å². The van der Waals surface area contributed by atoms with E-state index in [2.05, 4.69) is 25.1 Å². The molecule has 6 rings (SSSR count). The highest BCUT2D eigenvalue weighted by Gasteiger charge is 2.45. The van der Waals surface area contributed by atoms with E-state index in [1.807, 2.05) is 20.8 Å². The Morgan fingerprint density at radius 3 is 2.50 bits per heavy atom. The van der Waals surface area contributed by atoms with Crippen molar-refractivity contribution in [2.24, 2.45) is 5.73 Å². The summed E-state index contributed by atoms with van der Waals surface area (Å²) in [4.78, 5) is 32.1. The van der Waals surface area contributed by atoms with Gasteiger partial charge >= 0.3 is 6.09 Å². The van der Waals surface area contributed by atoms with Crippen LogP contribution in [0.15, 0.2) is 56.3 Å². The number of benzene rings is 2. The minimum absolute atomic E-state index is 0.0339. The number of likely N-dealkylation sites (tertiary alicyclic amines) is 1. The molecule has 4 heterocycles. The second kappa shape index (κ2) is 12.0. The lowest BCUT2D eigenvalue weighted by atomic mass is 9.95. The van der Waals surface area contributed by atoms with Gasteiger partial charge in [0.25, 0.3) is 5.92 Å². The molecule has 2 amide bonds. The molecule has 0 spiro atoms. The Bertz CT molecular complexity index is 1970. The van der Waals surface area contributed by atoms with E-state index in [0.717, 1.165) is 12.0 Å². The lowest BCUT2D eigenvalue weighted by molar-refractivity contribution is -0.119. The molecule has 2 aromatic carbocycles. The first kappa shape index (κ1) is 33.1. The van der Waals surface area contributed by atoms with Gasteiger partial charge in [0.05, 0.1) is 48.5 Å². The molecule has 14 nitrogen and oxygen atoms in total. The lowest BCUT2D eigenvalue weighted by Crippen LogP contribution is -2.48.